The fourth-order valence-electron chi connectivity index (χ4n) is 4.30. The standard InChI is InChI=1S/C27H24ClN5O5S2/c1-38-20-10-4-16(5-11-20)22-14-23(17-2-6-18(28)7-3-17)33(32-22)27-31-26(35)24(39-27)15-25(34)30-19-8-12-21(13-9-19)40(29,36)37/h2-13,23-24H,14-15H2,1H3,(H,30,34)(H2,29,36,37). The van der Waals surface area contributed by atoms with Gasteiger partial charge in [0.05, 0.1) is 23.8 Å². The van der Waals surface area contributed by atoms with Crippen LogP contribution in [0.15, 0.2) is 87.8 Å². The van der Waals surface area contributed by atoms with E-state index in [0.29, 0.717) is 22.3 Å². The second kappa shape index (κ2) is 11.4. The Morgan fingerprint density at radius 3 is 2.40 bits per heavy atom. The Balaban J connectivity index is 1.32. The Hall–Kier alpha value is -3.71. The highest BCUT2D eigenvalue weighted by Gasteiger charge is 2.39. The molecule has 3 N–H and O–H groups in total. The zero-order valence-electron chi connectivity index (χ0n) is 21.2. The molecule has 0 bridgehead atoms. The van der Waals surface area contributed by atoms with Crippen molar-refractivity contribution in [3.05, 3.63) is 88.9 Å². The van der Waals surface area contributed by atoms with Gasteiger partial charge in [-0.05, 0) is 71.8 Å². The smallest absolute Gasteiger partial charge is 0.262 e. The van der Waals surface area contributed by atoms with Gasteiger partial charge in [-0.2, -0.15) is 10.1 Å². The summed E-state index contributed by atoms with van der Waals surface area (Å²) in [5.41, 5.74) is 3.07. The molecule has 5 rings (SSSR count). The third kappa shape index (κ3) is 6.20. The van der Waals surface area contributed by atoms with Gasteiger partial charge in [0.1, 0.15) is 11.0 Å². The van der Waals surface area contributed by atoms with Gasteiger partial charge in [0, 0.05) is 23.6 Å². The van der Waals surface area contributed by atoms with Gasteiger partial charge >= 0.3 is 0 Å². The summed E-state index contributed by atoms with van der Waals surface area (Å²) in [5.74, 6) is -0.109. The molecule has 13 heteroatoms. The third-order valence-corrected chi connectivity index (χ3v) is 8.67. The van der Waals surface area contributed by atoms with E-state index in [-0.39, 0.29) is 17.4 Å². The van der Waals surface area contributed by atoms with Crippen LogP contribution in [0.3, 0.4) is 0 Å². The predicted molar refractivity (Wildman–Crippen MR) is 155 cm³/mol. The van der Waals surface area contributed by atoms with E-state index in [2.05, 4.69) is 10.3 Å². The minimum Gasteiger partial charge on any atom is -0.497 e. The lowest BCUT2D eigenvalue weighted by Crippen LogP contribution is -2.25. The van der Waals surface area contributed by atoms with Crippen LogP contribution < -0.4 is 15.2 Å². The fraction of sp³-hybridized carbons (Fsp3) is 0.185. The zero-order chi connectivity index (χ0) is 28.4. The topological polar surface area (TPSA) is 144 Å². The van der Waals surface area contributed by atoms with E-state index < -0.39 is 27.1 Å². The van der Waals surface area contributed by atoms with Crippen molar-refractivity contribution in [3.8, 4) is 5.75 Å². The first-order valence-electron chi connectivity index (χ1n) is 12.1. The highest BCUT2D eigenvalue weighted by atomic mass is 35.5. The number of amidine groups is 1. The number of sulfonamides is 1. The second-order valence-electron chi connectivity index (χ2n) is 9.05. The van der Waals surface area contributed by atoms with Crippen LogP contribution in [0.1, 0.15) is 30.0 Å². The Morgan fingerprint density at radius 2 is 1.77 bits per heavy atom. The first kappa shape index (κ1) is 27.8. The summed E-state index contributed by atoms with van der Waals surface area (Å²) in [5, 5.41) is 14.6. The van der Waals surface area contributed by atoms with Crippen molar-refractivity contribution in [1.29, 1.82) is 0 Å². The average molecular weight is 598 g/mol. The second-order valence-corrected chi connectivity index (χ2v) is 12.2. The first-order valence-corrected chi connectivity index (χ1v) is 14.9. The minimum atomic E-state index is -3.84. The molecule has 0 aromatic heterocycles. The molecule has 2 heterocycles. The van der Waals surface area contributed by atoms with Gasteiger partial charge in [-0.3, -0.25) is 9.59 Å². The number of ether oxygens (including phenoxy) is 1. The SMILES string of the molecule is COc1ccc(C2=NN(C3=NC(=O)C(CC(=O)Nc4ccc(S(N)(=O)=O)cc4)S3)C(c3ccc(Cl)cc3)C2)cc1. The van der Waals surface area contributed by atoms with Crippen molar-refractivity contribution in [3.63, 3.8) is 0 Å². The van der Waals surface area contributed by atoms with Crippen molar-refractivity contribution < 1.29 is 22.7 Å². The van der Waals surface area contributed by atoms with Gasteiger partial charge in [0.25, 0.3) is 5.91 Å². The van der Waals surface area contributed by atoms with Crippen LogP contribution in [0.5, 0.6) is 5.75 Å². The van der Waals surface area contributed by atoms with E-state index in [9.17, 15) is 18.0 Å². The minimum absolute atomic E-state index is 0.0690. The fourth-order valence-corrected chi connectivity index (χ4v) is 6.00. The Bertz CT molecular complexity index is 1610. The number of nitrogens with two attached hydrogens (primary N) is 1. The van der Waals surface area contributed by atoms with E-state index in [1.807, 2.05) is 36.4 Å². The van der Waals surface area contributed by atoms with Crippen LogP contribution in [-0.4, -0.2) is 48.5 Å². The summed E-state index contributed by atoms with van der Waals surface area (Å²) in [7, 11) is -2.24. The molecule has 0 aliphatic carbocycles. The average Bonchev–Trinajstić information content (AvgIpc) is 3.53. The predicted octanol–water partition coefficient (Wildman–Crippen LogP) is 4.17. The summed E-state index contributed by atoms with van der Waals surface area (Å²) in [6, 6.07) is 20.2. The van der Waals surface area contributed by atoms with E-state index in [0.717, 1.165) is 22.6 Å². The number of nitrogens with zero attached hydrogens (tertiary/aromatic N) is 3. The van der Waals surface area contributed by atoms with Crippen molar-refractivity contribution in [2.45, 2.75) is 29.0 Å². The molecule has 2 aliphatic rings. The number of nitrogens with one attached hydrogen (secondary N) is 1. The number of carbonyl (C=O) groups excluding carboxylic acids is 2. The number of aliphatic imine (C=N–C) groups is 1. The Morgan fingerprint density at radius 1 is 1.10 bits per heavy atom. The van der Waals surface area contributed by atoms with Crippen molar-refractivity contribution >= 4 is 61.8 Å². The molecule has 3 aromatic rings. The maximum absolute atomic E-state index is 12.8. The quantitative estimate of drug-likeness (QED) is 0.416. The molecule has 0 spiro atoms. The molecule has 40 heavy (non-hydrogen) atoms. The summed E-state index contributed by atoms with van der Waals surface area (Å²) in [6.07, 6.45) is 0.448. The van der Waals surface area contributed by atoms with Gasteiger partial charge in [-0.25, -0.2) is 18.6 Å². The summed E-state index contributed by atoms with van der Waals surface area (Å²) >= 11 is 7.29. The number of primary sulfonamides is 1. The molecule has 0 saturated heterocycles. The number of hydrogen-bond donors (Lipinski definition) is 2. The van der Waals surface area contributed by atoms with E-state index in [4.69, 9.17) is 26.6 Å². The lowest BCUT2D eigenvalue weighted by Gasteiger charge is -2.23. The molecule has 0 fully saturated rings. The van der Waals surface area contributed by atoms with Crippen LogP contribution in [0, 0.1) is 0 Å². The molecule has 3 aromatic carbocycles. The summed E-state index contributed by atoms with van der Waals surface area (Å²) in [4.78, 5) is 29.7. The van der Waals surface area contributed by atoms with Crippen LogP contribution >= 0.6 is 23.4 Å². The molecule has 0 saturated carbocycles. The molecule has 2 amide bonds. The van der Waals surface area contributed by atoms with Gasteiger partial charge in [-0.1, -0.05) is 35.5 Å². The largest absolute Gasteiger partial charge is 0.497 e. The van der Waals surface area contributed by atoms with Crippen molar-refractivity contribution in [2.24, 2.45) is 15.2 Å². The third-order valence-electron chi connectivity index (χ3n) is 6.35. The molecule has 2 aliphatic heterocycles. The molecule has 2 unspecified atom stereocenters. The van der Waals surface area contributed by atoms with Crippen molar-refractivity contribution in [2.75, 3.05) is 12.4 Å². The number of hydrazone groups is 1. The monoisotopic (exact) mass is 597 g/mol. The molecule has 206 valence electrons. The van der Waals surface area contributed by atoms with E-state index >= 15 is 0 Å². The Labute approximate surface area is 240 Å². The molecular formula is C27H24ClN5O5S2. The summed E-state index contributed by atoms with van der Waals surface area (Å²) < 4.78 is 28.1. The highest BCUT2D eigenvalue weighted by molar-refractivity contribution is 8.15. The molecule has 10 nitrogen and oxygen atoms in total. The number of anilines is 1. The Kier molecular flexibility index (Phi) is 7.95. The number of amides is 2. The number of hydrogen-bond acceptors (Lipinski definition) is 8. The number of benzene rings is 3. The normalized spacial score (nSPS) is 18.9. The van der Waals surface area contributed by atoms with Gasteiger partial charge in [-0.15, -0.1) is 0 Å². The van der Waals surface area contributed by atoms with Crippen LogP contribution in [-0.2, 0) is 19.6 Å². The first-order chi connectivity index (χ1) is 19.1. The highest BCUT2D eigenvalue weighted by Crippen LogP contribution is 2.39. The number of methoxy groups -OCH3 is 1. The van der Waals surface area contributed by atoms with Gasteiger partial charge < -0.3 is 10.1 Å². The molecular weight excluding hydrogens is 574 g/mol. The maximum Gasteiger partial charge on any atom is 0.262 e. The van der Waals surface area contributed by atoms with Gasteiger partial charge in [0.15, 0.2) is 5.17 Å². The lowest BCUT2D eigenvalue weighted by atomic mass is 9.98. The summed E-state index contributed by atoms with van der Waals surface area (Å²) in [6.45, 7) is 0. The van der Waals surface area contributed by atoms with E-state index in [1.165, 1.54) is 36.0 Å². The number of rotatable bonds is 7. The van der Waals surface area contributed by atoms with Crippen molar-refractivity contribution in [1.82, 2.24) is 5.01 Å². The van der Waals surface area contributed by atoms with Crippen LogP contribution in [0.4, 0.5) is 5.69 Å². The lowest BCUT2D eigenvalue weighted by molar-refractivity contribution is -0.121. The number of carbonyl (C=O) groups is 2. The number of halogens is 1. The maximum atomic E-state index is 12.8. The molecule has 2 atom stereocenters. The van der Waals surface area contributed by atoms with Crippen LogP contribution in [0.25, 0.3) is 0 Å². The molecule has 0 radical (unpaired) electrons. The number of thioether (sulfide) groups is 1. The van der Waals surface area contributed by atoms with Gasteiger partial charge in [0.2, 0.25) is 15.9 Å². The zero-order valence-corrected chi connectivity index (χ0v) is 23.5. The van der Waals surface area contributed by atoms with E-state index in [1.54, 1.807) is 24.3 Å². The van der Waals surface area contributed by atoms with Crippen LogP contribution in [0.2, 0.25) is 5.02 Å².